The Labute approximate surface area is 144 Å². The summed E-state index contributed by atoms with van der Waals surface area (Å²) in [5.74, 6) is -0.973. The fraction of sp³-hybridized carbons (Fsp3) is 0.412. The van der Waals surface area contributed by atoms with E-state index in [1.165, 1.54) is 23.9 Å². The van der Waals surface area contributed by atoms with Crippen LogP contribution >= 0.6 is 11.8 Å². The number of ether oxygens (including phenoxy) is 2. The predicted octanol–water partition coefficient (Wildman–Crippen LogP) is 2.74. The molecule has 2 rings (SSSR count). The molecule has 1 aliphatic rings. The van der Waals surface area contributed by atoms with Gasteiger partial charge in [0.05, 0.1) is 11.1 Å². The Morgan fingerprint density at radius 2 is 2.25 bits per heavy atom. The number of nitrogens with one attached hydrogen (secondary N) is 1. The maximum absolute atomic E-state index is 12.9. The molecule has 1 aromatic carbocycles. The second-order valence-corrected chi connectivity index (χ2v) is 6.05. The lowest BCUT2D eigenvalue weighted by Gasteiger charge is -2.13. The third kappa shape index (κ3) is 5.25. The van der Waals surface area contributed by atoms with Gasteiger partial charge in [-0.2, -0.15) is 5.26 Å². The third-order valence-electron chi connectivity index (χ3n) is 3.54. The third-order valence-corrected chi connectivity index (χ3v) is 4.29. The molecular formula is C17H19FN2O3S. The molecule has 0 saturated carbocycles. The van der Waals surface area contributed by atoms with E-state index in [1.807, 2.05) is 6.07 Å². The Hall–Kier alpha value is -2.04. The summed E-state index contributed by atoms with van der Waals surface area (Å²) in [6, 6.07) is 7.90. The zero-order valence-electron chi connectivity index (χ0n) is 13.4. The van der Waals surface area contributed by atoms with Crippen LogP contribution in [-0.4, -0.2) is 31.5 Å². The molecule has 1 N–H and O–H groups in total. The van der Waals surface area contributed by atoms with E-state index in [2.05, 4.69) is 5.32 Å². The van der Waals surface area contributed by atoms with Crippen LogP contribution in [0.4, 0.5) is 4.39 Å². The Kier molecular flexibility index (Phi) is 7.09. The van der Waals surface area contributed by atoms with Crippen LogP contribution in [0.2, 0.25) is 0 Å². The molecule has 0 bridgehead atoms. The van der Waals surface area contributed by atoms with E-state index >= 15 is 0 Å². The minimum absolute atomic E-state index is 0.0670. The molecule has 7 heteroatoms. The summed E-state index contributed by atoms with van der Waals surface area (Å²) < 4.78 is 23.5. The number of carbonyl (C=O) groups excluding carboxylic acids is 1. The molecule has 0 amide bonds. The maximum Gasteiger partial charge on any atom is 0.351 e. The van der Waals surface area contributed by atoms with Gasteiger partial charge < -0.3 is 14.8 Å². The van der Waals surface area contributed by atoms with E-state index < -0.39 is 5.97 Å². The number of benzene rings is 1. The fourth-order valence-corrected chi connectivity index (χ4v) is 2.80. The molecule has 0 radical (unpaired) electrons. The number of hydrogen-bond acceptors (Lipinski definition) is 6. The molecule has 1 aliphatic heterocycles. The SMILES string of the molecule is CS/C(NCc1ccc(F)cc1)=C(\C#N)C(=O)OCC1CCCO1. The number of esters is 1. The van der Waals surface area contributed by atoms with Crippen molar-refractivity contribution in [2.45, 2.75) is 25.5 Å². The Bertz CT molecular complexity index is 634. The molecule has 1 heterocycles. The van der Waals surface area contributed by atoms with Crippen LogP contribution in [0.5, 0.6) is 0 Å². The first-order valence-corrected chi connectivity index (χ1v) is 8.82. The number of hydrogen-bond donors (Lipinski definition) is 1. The second kappa shape index (κ2) is 9.30. The van der Waals surface area contributed by atoms with Gasteiger partial charge in [0.2, 0.25) is 0 Å². The van der Waals surface area contributed by atoms with Gasteiger partial charge >= 0.3 is 5.97 Å². The number of carbonyl (C=O) groups is 1. The van der Waals surface area contributed by atoms with Crippen molar-refractivity contribution < 1.29 is 18.7 Å². The Balaban J connectivity index is 1.97. The van der Waals surface area contributed by atoms with Crippen molar-refractivity contribution in [3.05, 3.63) is 46.2 Å². The van der Waals surface area contributed by atoms with Crippen molar-refractivity contribution in [3.63, 3.8) is 0 Å². The molecule has 24 heavy (non-hydrogen) atoms. The van der Waals surface area contributed by atoms with Crippen LogP contribution in [-0.2, 0) is 20.8 Å². The van der Waals surface area contributed by atoms with E-state index in [4.69, 9.17) is 9.47 Å². The van der Waals surface area contributed by atoms with Crippen molar-refractivity contribution >= 4 is 17.7 Å². The summed E-state index contributed by atoms with van der Waals surface area (Å²) in [5, 5.41) is 12.7. The van der Waals surface area contributed by atoms with Gasteiger partial charge in [0.15, 0.2) is 5.57 Å². The highest BCUT2D eigenvalue weighted by Crippen LogP contribution is 2.17. The van der Waals surface area contributed by atoms with Crippen molar-refractivity contribution in [1.29, 1.82) is 5.26 Å². The Morgan fingerprint density at radius 1 is 1.50 bits per heavy atom. The van der Waals surface area contributed by atoms with Crippen molar-refractivity contribution in [3.8, 4) is 6.07 Å². The summed E-state index contributed by atoms with van der Waals surface area (Å²) in [6.45, 7) is 1.21. The second-order valence-electron chi connectivity index (χ2n) is 5.23. The van der Waals surface area contributed by atoms with Gasteiger partial charge in [0.1, 0.15) is 18.5 Å². The molecule has 128 valence electrons. The molecular weight excluding hydrogens is 331 g/mol. The Morgan fingerprint density at radius 3 is 2.83 bits per heavy atom. The number of halogens is 1. The average Bonchev–Trinajstić information content (AvgIpc) is 3.11. The first-order valence-electron chi connectivity index (χ1n) is 7.59. The fourth-order valence-electron chi connectivity index (χ4n) is 2.25. The minimum atomic E-state index is -0.663. The number of thioether (sulfide) groups is 1. The molecule has 0 aromatic heterocycles. The normalized spacial score (nSPS) is 17.8. The summed E-state index contributed by atoms with van der Waals surface area (Å²) >= 11 is 1.25. The highest BCUT2D eigenvalue weighted by atomic mass is 32.2. The topological polar surface area (TPSA) is 71.4 Å². The van der Waals surface area contributed by atoms with E-state index in [9.17, 15) is 14.4 Å². The zero-order chi connectivity index (χ0) is 17.4. The molecule has 1 aromatic rings. The molecule has 5 nitrogen and oxygen atoms in total. The van der Waals surface area contributed by atoms with Crippen molar-refractivity contribution in [1.82, 2.24) is 5.32 Å². The lowest BCUT2D eigenvalue weighted by molar-refractivity contribution is -0.141. The predicted molar refractivity (Wildman–Crippen MR) is 89.3 cm³/mol. The first kappa shape index (κ1) is 18.3. The summed E-state index contributed by atoms with van der Waals surface area (Å²) in [6.07, 6.45) is 3.49. The van der Waals surface area contributed by atoms with E-state index in [-0.39, 0.29) is 24.1 Å². The van der Waals surface area contributed by atoms with Gasteiger partial charge in [-0.1, -0.05) is 12.1 Å². The summed E-state index contributed by atoms with van der Waals surface area (Å²) in [4.78, 5) is 12.1. The van der Waals surface area contributed by atoms with Gasteiger partial charge in [0, 0.05) is 13.2 Å². The molecule has 1 atom stereocenters. The standard InChI is InChI=1S/C17H19FN2O3S/c1-24-16(20-10-12-4-6-13(18)7-5-12)15(9-19)17(21)23-11-14-3-2-8-22-14/h4-7,14,20H,2-3,8,10-11H2,1H3/b16-15+. The lowest BCUT2D eigenvalue weighted by atomic mass is 10.2. The summed E-state index contributed by atoms with van der Waals surface area (Å²) in [5.41, 5.74) is 0.774. The monoisotopic (exact) mass is 350 g/mol. The van der Waals surface area contributed by atoms with Crippen LogP contribution in [0.25, 0.3) is 0 Å². The molecule has 1 unspecified atom stereocenters. The average molecular weight is 350 g/mol. The lowest BCUT2D eigenvalue weighted by Crippen LogP contribution is -2.21. The minimum Gasteiger partial charge on any atom is -0.459 e. The van der Waals surface area contributed by atoms with Crippen molar-refractivity contribution in [2.24, 2.45) is 0 Å². The molecule has 1 fully saturated rings. The van der Waals surface area contributed by atoms with Crippen LogP contribution in [0.1, 0.15) is 18.4 Å². The molecule has 0 aliphatic carbocycles. The van der Waals surface area contributed by atoms with Gasteiger partial charge in [-0.25, -0.2) is 9.18 Å². The largest absolute Gasteiger partial charge is 0.459 e. The van der Waals surface area contributed by atoms with Gasteiger partial charge in [0.25, 0.3) is 0 Å². The van der Waals surface area contributed by atoms with Gasteiger partial charge in [-0.3, -0.25) is 0 Å². The van der Waals surface area contributed by atoms with Crippen LogP contribution < -0.4 is 5.32 Å². The van der Waals surface area contributed by atoms with Crippen molar-refractivity contribution in [2.75, 3.05) is 19.5 Å². The highest BCUT2D eigenvalue weighted by molar-refractivity contribution is 8.02. The number of nitrogens with zero attached hydrogens (tertiary/aromatic N) is 1. The van der Waals surface area contributed by atoms with Gasteiger partial charge in [-0.05, 0) is 36.8 Å². The van der Waals surface area contributed by atoms with Crippen LogP contribution in [0.15, 0.2) is 34.9 Å². The van der Waals surface area contributed by atoms with E-state index in [0.29, 0.717) is 18.2 Å². The zero-order valence-corrected chi connectivity index (χ0v) is 14.2. The smallest absolute Gasteiger partial charge is 0.351 e. The summed E-state index contributed by atoms with van der Waals surface area (Å²) in [7, 11) is 0. The first-order chi connectivity index (χ1) is 11.6. The van der Waals surface area contributed by atoms with Crippen LogP contribution in [0.3, 0.4) is 0 Å². The van der Waals surface area contributed by atoms with Gasteiger partial charge in [-0.15, -0.1) is 11.8 Å². The number of rotatable bonds is 7. The number of nitriles is 1. The van der Waals surface area contributed by atoms with E-state index in [0.717, 1.165) is 18.4 Å². The van der Waals surface area contributed by atoms with Crippen LogP contribution in [0, 0.1) is 17.1 Å². The highest BCUT2D eigenvalue weighted by Gasteiger charge is 2.21. The molecule has 1 saturated heterocycles. The maximum atomic E-state index is 12.9. The van der Waals surface area contributed by atoms with E-state index in [1.54, 1.807) is 18.4 Å². The quantitative estimate of drug-likeness (QED) is 0.463. The molecule has 0 spiro atoms.